The largest absolute Gasteiger partial charge is 0.325 e. The van der Waals surface area contributed by atoms with Crippen LogP contribution in [-0.2, 0) is 16.7 Å². The first-order valence-corrected chi connectivity index (χ1v) is 9.88. The second-order valence-corrected chi connectivity index (χ2v) is 8.57. The summed E-state index contributed by atoms with van der Waals surface area (Å²) in [4.78, 5) is -0.0666. The van der Waals surface area contributed by atoms with Crippen LogP contribution in [0.1, 0.15) is 18.1 Å². The zero-order valence-electron chi connectivity index (χ0n) is 14.5. The normalized spacial score (nSPS) is 11.6. The highest BCUT2D eigenvalue weighted by molar-refractivity contribution is 9.10. The first-order chi connectivity index (χ1) is 11.0. The summed E-state index contributed by atoms with van der Waals surface area (Å²) in [5.41, 5.74) is 2.34. The molecule has 24 heavy (non-hydrogen) atoms. The maximum atomic E-state index is 10.5. The van der Waals surface area contributed by atoms with Gasteiger partial charge in [-0.1, -0.05) is 51.8 Å². The summed E-state index contributed by atoms with van der Waals surface area (Å²) < 4.78 is 31.8. The predicted molar refractivity (Wildman–Crippen MR) is 101 cm³/mol. The van der Waals surface area contributed by atoms with Gasteiger partial charge in [-0.25, -0.2) is 0 Å². The van der Waals surface area contributed by atoms with Crippen molar-refractivity contribution in [3.05, 3.63) is 64.1 Å². The van der Waals surface area contributed by atoms with E-state index >= 15 is 0 Å². The second-order valence-electron chi connectivity index (χ2n) is 6.29. The van der Waals surface area contributed by atoms with Gasteiger partial charge in [0.25, 0.3) is 10.1 Å². The van der Waals surface area contributed by atoms with Crippen LogP contribution in [0.2, 0.25) is 0 Å². The average Bonchev–Trinajstić information content (AvgIpc) is 2.50. The second kappa shape index (κ2) is 8.76. The molecule has 0 unspecified atom stereocenters. The fourth-order valence-corrected chi connectivity index (χ4v) is 2.80. The summed E-state index contributed by atoms with van der Waals surface area (Å²) >= 11 is 3.57. The van der Waals surface area contributed by atoms with E-state index in [4.69, 9.17) is 4.55 Å². The molecule has 0 aliphatic heterocycles. The van der Waals surface area contributed by atoms with E-state index < -0.39 is 10.1 Å². The molecule has 0 saturated carbocycles. The molecule has 0 spiro atoms. The van der Waals surface area contributed by atoms with E-state index in [9.17, 15) is 8.42 Å². The molecule has 0 saturated heterocycles. The van der Waals surface area contributed by atoms with Crippen LogP contribution in [0.25, 0.3) is 0 Å². The topological polar surface area (TPSA) is 54.4 Å². The molecule has 0 aliphatic carbocycles. The standard InChI is InChI=1S/C11H17BrN.C7H8O3S/c1-4-13(2,3)9-10-7-5-6-8-11(10)12;1-6-2-4-7(5-3-6)11(8,9)10/h5-8H,4,9H2,1-3H3;2-5H,1H3,(H,8,9,10)/q+1;. The first kappa shape index (κ1) is 20.8. The summed E-state index contributed by atoms with van der Waals surface area (Å²) in [5, 5.41) is 0. The lowest BCUT2D eigenvalue weighted by Crippen LogP contribution is -2.38. The van der Waals surface area contributed by atoms with Gasteiger partial charge in [-0.3, -0.25) is 4.55 Å². The molecular formula is C18H25BrNO3S+. The van der Waals surface area contributed by atoms with Crippen LogP contribution in [0.4, 0.5) is 0 Å². The zero-order chi connectivity index (χ0) is 18.4. The van der Waals surface area contributed by atoms with Gasteiger partial charge in [0.05, 0.1) is 25.5 Å². The Morgan fingerprint density at radius 2 is 1.58 bits per heavy atom. The van der Waals surface area contributed by atoms with Crippen LogP contribution in [0.3, 0.4) is 0 Å². The summed E-state index contributed by atoms with van der Waals surface area (Å²) in [6.07, 6.45) is 0. The highest BCUT2D eigenvalue weighted by atomic mass is 79.9. The SMILES string of the molecule is CC[N+](C)(C)Cc1ccccc1Br.Cc1ccc(S(=O)(=O)O)cc1. The Morgan fingerprint density at radius 1 is 1.04 bits per heavy atom. The Bertz CT molecular complexity index is 756. The van der Waals surface area contributed by atoms with Crippen molar-refractivity contribution in [1.82, 2.24) is 0 Å². The van der Waals surface area contributed by atoms with Gasteiger partial charge >= 0.3 is 0 Å². The third kappa shape index (κ3) is 7.13. The zero-order valence-corrected chi connectivity index (χ0v) is 16.9. The average molecular weight is 415 g/mol. The number of benzene rings is 2. The van der Waals surface area contributed by atoms with E-state index in [1.807, 2.05) is 6.92 Å². The summed E-state index contributed by atoms with van der Waals surface area (Å²) in [5.74, 6) is 0. The van der Waals surface area contributed by atoms with Crippen LogP contribution in [0, 0.1) is 6.92 Å². The van der Waals surface area contributed by atoms with Crippen molar-refractivity contribution in [2.24, 2.45) is 0 Å². The van der Waals surface area contributed by atoms with Gasteiger partial charge in [-0.2, -0.15) is 8.42 Å². The van der Waals surface area contributed by atoms with Crippen LogP contribution in [-0.4, -0.2) is 38.1 Å². The Morgan fingerprint density at radius 3 is 2.04 bits per heavy atom. The molecule has 132 valence electrons. The number of hydrogen-bond donors (Lipinski definition) is 1. The van der Waals surface area contributed by atoms with Crippen molar-refractivity contribution in [2.75, 3.05) is 20.6 Å². The lowest BCUT2D eigenvalue weighted by molar-refractivity contribution is -0.901. The quantitative estimate of drug-likeness (QED) is 0.599. The number of hydrogen-bond acceptors (Lipinski definition) is 2. The van der Waals surface area contributed by atoms with Crippen molar-refractivity contribution >= 4 is 26.0 Å². The van der Waals surface area contributed by atoms with Gasteiger partial charge in [0.2, 0.25) is 0 Å². The molecule has 4 nitrogen and oxygen atoms in total. The fraction of sp³-hybridized carbons (Fsp3) is 0.333. The molecule has 0 atom stereocenters. The highest BCUT2D eigenvalue weighted by Gasteiger charge is 2.14. The van der Waals surface area contributed by atoms with Crippen molar-refractivity contribution in [3.8, 4) is 0 Å². The van der Waals surface area contributed by atoms with Gasteiger partial charge in [0.15, 0.2) is 0 Å². The van der Waals surface area contributed by atoms with E-state index in [1.54, 1.807) is 12.1 Å². The van der Waals surface area contributed by atoms with Crippen LogP contribution in [0.5, 0.6) is 0 Å². The van der Waals surface area contributed by atoms with Gasteiger partial charge in [-0.15, -0.1) is 0 Å². The van der Waals surface area contributed by atoms with Crippen molar-refractivity contribution in [1.29, 1.82) is 0 Å². The summed E-state index contributed by atoms with van der Waals surface area (Å²) in [7, 11) is 0.479. The Labute approximate surface area is 153 Å². The predicted octanol–water partition coefficient (Wildman–Crippen LogP) is 4.29. The molecule has 0 aliphatic rings. The Balaban J connectivity index is 0.000000243. The lowest BCUT2D eigenvalue weighted by Gasteiger charge is -2.28. The smallest absolute Gasteiger partial charge is 0.294 e. The minimum Gasteiger partial charge on any atom is -0.325 e. The molecule has 0 heterocycles. The number of rotatable bonds is 4. The molecule has 1 N–H and O–H groups in total. The minimum atomic E-state index is -4.02. The van der Waals surface area contributed by atoms with E-state index in [0.717, 1.165) is 23.1 Å². The molecule has 0 aromatic heterocycles. The van der Waals surface area contributed by atoms with Crippen LogP contribution >= 0.6 is 15.9 Å². The van der Waals surface area contributed by atoms with Gasteiger partial charge in [-0.05, 0) is 32.0 Å². The molecule has 2 aromatic rings. The summed E-state index contributed by atoms with van der Waals surface area (Å²) in [6, 6.07) is 14.4. The van der Waals surface area contributed by atoms with Crippen molar-refractivity contribution in [3.63, 3.8) is 0 Å². The number of nitrogens with zero attached hydrogens (tertiary/aromatic N) is 1. The number of halogens is 1. The maximum Gasteiger partial charge on any atom is 0.294 e. The monoisotopic (exact) mass is 414 g/mol. The Kier molecular flexibility index (Phi) is 7.60. The molecule has 0 fully saturated rings. The molecule has 0 bridgehead atoms. The van der Waals surface area contributed by atoms with E-state index in [0.29, 0.717) is 0 Å². The van der Waals surface area contributed by atoms with Gasteiger partial charge < -0.3 is 4.48 Å². The van der Waals surface area contributed by atoms with Crippen LogP contribution in [0.15, 0.2) is 57.9 Å². The summed E-state index contributed by atoms with van der Waals surface area (Å²) in [6.45, 7) is 6.30. The van der Waals surface area contributed by atoms with Crippen molar-refractivity contribution < 1.29 is 17.5 Å². The number of aryl methyl sites for hydroxylation is 1. The minimum absolute atomic E-state index is 0.0666. The molecule has 0 amide bonds. The van der Waals surface area contributed by atoms with E-state index in [2.05, 4.69) is 61.2 Å². The maximum absolute atomic E-state index is 10.5. The molecule has 2 rings (SSSR count). The van der Waals surface area contributed by atoms with Gasteiger partial charge in [0.1, 0.15) is 6.54 Å². The Hall–Kier alpha value is -1.21. The molecule has 2 aromatic carbocycles. The molecule has 0 radical (unpaired) electrons. The van der Waals surface area contributed by atoms with Crippen LogP contribution < -0.4 is 0 Å². The highest BCUT2D eigenvalue weighted by Crippen LogP contribution is 2.19. The van der Waals surface area contributed by atoms with E-state index in [-0.39, 0.29) is 4.90 Å². The third-order valence-corrected chi connectivity index (χ3v) is 5.37. The fourth-order valence-electron chi connectivity index (χ4n) is 1.91. The lowest BCUT2D eigenvalue weighted by atomic mass is 10.2. The van der Waals surface area contributed by atoms with Gasteiger partial charge in [0, 0.05) is 10.0 Å². The van der Waals surface area contributed by atoms with Crippen molar-refractivity contribution in [2.45, 2.75) is 25.3 Å². The first-order valence-electron chi connectivity index (χ1n) is 7.65. The third-order valence-electron chi connectivity index (χ3n) is 3.73. The molecule has 6 heteroatoms. The van der Waals surface area contributed by atoms with E-state index in [1.165, 1.54) is 22.2 Å². The number of quaternary nitrogens is 1. The molecular weight excluding hydrogens is 390 g/mol.